The smallest absolute Gasteiger partial charge is 0.127 e. The molecule has 3 nitrogen and oxygen atoms in total. The molecule has 0 radical (unpaired) electrons. The van der Waals surface area contributed by atoms with Crippen molar-refractivity contribution >= 4 is 11.0 Å². The lowest BCUT2D eigenvalue weighted by Gasteiger charge is -2.26. The summed E-state index contributed by atoms with van der Waals surface area (Å²) in [5, 5.41) is 3.67. The molecule has 1 aromatic carbocycles. The molecule has 0 bridgehead atoms. The molecule has 3 heteroatoms. The lowest BCUT2D eigenvalue weighted by Crippen LogP contribution is -2.37. The highest BCUT2D eigenvalue weighted by molar-refractivity contribution is 5.76. The van der Waals surface area contributed by atoms with Gasteiger partial charge in [-0.05, 0) is 50.4 Å². The molecule has 1 aliphatic heterocycles. The van der Waals surface area contributed by atoms with E-state index in [4.69, 9.17) is 4.98 Å². The minimum Gasteiger partial charge on any atom is -0.340 e. The van der Waals surface area contributed by atoms with E-state index in [1.807, 2.05) is 0 Å². The van der Waals surface area contributed by atoms with E-state index in [9.17, 15) is 0 Å². The number of nitrogens with one attached hydrogen (secondary N) is 2. The van der Waals surface area contributed by atoms with E-state index in [1.54, 1.807) is 0 Å². The maximum atomic E-state index is 4.81. The Kier molecular flexibility index (Phi) is 2.86. The average Bonchev–Trinajstić information content (AvgIpc) is 2.95. The van der Waals surface area contributed by atoms with Crippen molar-refractivity contribution in [2.45, 2.75) is 45.1 Å². The Bertz CT molecular complexity index is 550. The monoisotopic (exact) mass is 243 g/mol. The quantitative estimate of drug-likeness (QED) is 0.868. The minimum atomic E-state index is 0.0850. The molecule has 2 N–H and O–H groups in total. The van der Waals surface area contributed by atoms with Crippen LogP contribution in [0.25, 0.3) is 11.0 Å². The van der Waals surface area contributed by atoms with Gasteiger partial charge in [0.2, 0.25) is 0 Å². The van der Waals surface area contributed by atoms with Crippen molar-refractivity contribution in [3.05, 3.63) is 29.6 Å². The molecule has 0 aliphatic carbocycles. The van der Waals surface area contributed by atoms with Crippen LogP contribution in [0.15, 0.2) is 18.2 Å². The van der Waals surface area contributed by atoms with Gasteiger partial charge in [-0.2, -0.15) is 0 Å². The third-order valence-corrected chi connectivity index (χ3v) is 4.01. The van der Waals surface area contributed by atoms with Crippen LogP contribution >= 0.6 is 0 Å². The van der Waals surface area contributed by atoms with E-state index in [-0.39, 0.29) is 5.54 Å². The van der Waals surface area contributed by atoms with Gasteiger partial charge in [0.05, 0.1) is 16.6 Å². The highest BCUT2D eigenvalue weighted by Crippen LogP contribution is 2.34. The molecule has 1 saturated heterocycles. The van der Waals surface area contributed by atoms with E-state index in [2.05, 4.69) is 42.3 Å². The average molecular weight is 243 g/mol. The van der Waals surface area contributed by atoms with Crippen LogP contribution in [0.5, 0.6) is 0 Å². The molecule has 96 valence electrons. The van der Waals surface area contributed by atoms with Gasteiger partial charge in [0.25, 0.3) is 0 Å². The van der Waals surface area contributed by atoms with Gasteiger partial charge in [-0.3, -0.25) is 0 Å². The highest BCUT2D eigenvalue weighted by atomic mass is 15.1. The zero-order valence-electron chi connectivity index (χ0n) is 11.2. The topological polar surface area (TPSA) is 40.7 Å². The molecule has 2 heterocycles. The number of hydrogen-bond donors (Lipinski definition) is 2. The van der Waals surface area contributed by atoms with Gasteiger partial charge in [0, 0.05) is 0 Å². The normalized spacial score (nSPS) is 23.9. The molecule has 1 aromatic heterocycles. The predicted molar refractivity (Wildman–Crippen MR) is 74.7 cm³/mol. The zero-order chi connectivity index (χ0) is 12.6. The fourth-order valence-electron chi connectivity index (χ4n) is 3.12. The van der Waals surface area contributed by atoms with Gasteiger partial charge >= 0.3 is 0 Å². The minimum absolute atomic E-state index is 0.0850. The Morgan fingerprint density at radius 1 is 1.39 bits per heavy atom. The number of H-pyrrole nitrogens is 1. The van der Waals surface area contributed by atoms with Gasteiger partial charge in [-0.1, -0.05) is 19.4 Å². The number of hydrogen-bond acceptors (Lipinski definition) is 2. The fourth-order valence-corrected chi connectivity index (χ4v) is 3.12. The third-order valence-electron chi connectivity index (χ3n) is 4.01. The summed E-state index contributed by atoms with van der Waals surface area (Å²) in [6, 6.07) is 6.42. The van der Waals surface area contributed by atoms with Crippen LogP contribution in [-0.2, 0) is 5.54 Å². The van der Waals surface area contributed by atoms with Gasteiger partial charge in [-0.25, -0.2) is 4.98 Å². The summed E-state index contributed by atoms with van der Waals surface area (Å²) in [6.07, 6.45) is 4.78. The number of aryl methyl sites for hydroxylation is 1. The molecule has 1 aliphatic rings. The highest BCUT2D eigenvalue weighted by Gasteiger charge is 2.37. The van der Waals surface area contributed by atoms with E-state index >= 15 is 0 Å². The summed E-state index contributed by atoms with van der Waals surface area (Å²) >= 11 is 0. The van der Waals surface area contributed by atoms with E-state index in [0.717, 1.165) is 29.8 Å². The van der Waals surface area contributed by atoms with Crippen LogP contribution in [0, 0.1) is 6.92 Å². The van der Waals surface area contributed by atoms with E-state index in [1.165, 1.54) is 24.8 Å². The summed E-state index contributed by atoms with van der Waals surface area (Å²) in [5.41, 5.74) is 3.61. The Balaban J connectivity index is 2.06. The summed E-state index contributed by atoms with van der Waals surface area (Å²) < 4.78 is 0. The second-order valence-electron chi connectivity index (χ2n) is 5.47. The third kappa shape index (κ3) is 1.83. The van der Waals surface area contributed by atoms with Gasteiger partial charge < -0.3 is 10.3 Å². The number of aromatic nitrogens is 2. The molecule has 18 heavy (non-hydrogen) atoms. The maximum absolute atomic E-state index is 4.81. The van der Waals surface area contributed by atoms with Crippen molar-refractivity contribution in [2.24, 2.45) is 0 Å². The molecule has 3 rings (SSSR count). The predicted octanol–water partition coefficient (Wildman–Crippen LogP) is 3.25. The maximum Gasteiger partial charge on any atom is 0.127 e. The largest absolute Gasteiger partial charge is 0.340 e. The van der Waals surface area contributed by atoms with Gasteiger partial charge in [-0.15, -0.1) is 0 Å². The standard InChI is InChI=1S/C15H21N3/c1-3-7-15(8-4-9-16-15)14-17-12-6-5-11(2)10-13(12)18-14/h5-6,10,16H,3-4,7-9H2,1-2H3,(H,17,18). The molecule has 2 aromatic rings. The van der Waals surface area contributed by atoms with Gasteiger partial charge in [0.1, 0.15) is 5.82 Å². The van der Waals surface area contributed by atoms with Crippen LogP contribution in [0.2, 0.25) is 0 Å². The second kappa shape index (κ2) is 4.39. The Morgan fingerprint density at radius 2 is 2.28 bits per heavy atom. The first-order valence-corrected chi connectivity index (χ1v) is 6.95. The summed E-state index contributed by atoms with van der Waals surface area (Å²) in [5.74, 6) is 1.13. The van der Waals surface area contributed by atoms with Gasteiger partial charge in [0.15, 0.2) is 0 Å². The van der Waals surface area contributed by atoms with Crippen LogP contribution in [-0.4, -0.2) is 16.5 Å². The van der Waals surface area contributed by atoms with Crippen LogP contribution in [0.3, 0.4) is 0 Å². The Morgan fingerprint density at radius 3 is 3.00 bits per heavy atom. The number of benzene rings is 1. The van der Waals surface area contributed by atoms with Crippen molar-refractivity contribution in [3.63, 3.8) is 0 Å². The first kappa shape index (κ1) is 11.7. The number of imidazole rings is 1. The van der Waals surface area contributed by atoms with Crippen molar-refractivity contribution in [1.82, 2.24) is 15.3 Å². The van der Waals surface area contributed by atoms with Crippen LogP contribution in [0.4, 0.5) is 0 Å². The summed E-state index contributed by atoms with van der Waals surface area (Å²) in [4.78, 5) is 8.34. The lowest BCUT2D eigenvalue weighted by molar-refractivity contribution is 0.338. The summed E-state index contributed by atoms with van der Waals surface area (Å²) in [6.45, 7) is 5.47. The van der Waals surface area contributed by atoms with Crippen molar-refractivity contribution in [3.8, 4) is 0 Å². The molecule has 0 amide bonds. The molecular weight excluding hydrogens is 222 g/mol. The SMILES string of the molecule is CCCC1(c2nc3ccc(C)cc3[nH]2)CCCN1. The Hall–Kier alpha value is -1.35. The lowest BCUT2D eigenvalue weighted by atomic mass is 9.91. The Labute approximate surface area is 108 Å². The van der Waals surface area contributed by atoms with Crippen LogP contribution in [0.1, 0.15) is 44.0 Å². The first-order valence-electron chi connectivity index (χ1n) is 6.95. The zero-order valence-corrected chi connectivity index (χ0v) is 11.2. The molecular formula is C15H21N3. The van der Waals surface area contributed by atoms with Crippen molar-refractivity contribution in [2.75, 3.05) is 6.54 Å². The molecule has 0 spiro atoms. The van der Waals surface area contributed by atoms with Crippen LogP contribution < -0.4 is 5.32 Å². The van der Waals surface area contributed by atoms with E-state index < -0.39 is 0 Å². The van der Waals surface area contributed by atoms with Crippen molar-refractivity contribution in [1.29, 1.82) is 0 Å². The van der Waals surface area contributed by atoms with E-state index in [0.29, 0.717) is 0 Å². The number of nitrogens with zero attached hydrogens (tertiary/aromatic N) is 1. The molecule has 1 atom stereocenters. The number of aromatic amines is 1. The summed E-state index contributed by atoms with van der Waals surface area (Å²) in [7, 11) is 0. The first-order chi connectivity index (χ1) is 8.73. The fraction of sp³-hybridized carbons (Fsp3) is 0.533. The molecule has 1 fully saturated rings. The second-order valence-corrected chi connectivity index (χ2v) is 5.47. The number of fused-ring (bicyclic) bond motifs is 1. The molecule has 1 unspecified atom stereocenters. The number of rotatable bonds is 3. The van der Waals surface area contributed by atoms with Crippen molar-refractivity contribution < 1.29 is 0 Å². The molecule has 0 saturated carbocycles.